The van der Waals surface area contributed by atoms with Crippen molar-refractivity contribution in [3.8, 4) is 0 Å². The first-order valence-corrected chi connectivity index (χ1v) is 5.78. The maximum Gasteiger partial charge on any atom is 0.238 e. The van der Waals surface area contributed by atoms with E-state index in [1.165, 1.54) is 5.56 Å². The van der Waals surface area contributed by atoms with Gasteiger partial charge in [-0.15, -0.1) is 0 Å². The standard InChI is InChI=1S/C13H20N2O/c1-4-11-8-6-7-10(3)13(11)15-12(16)9-14-5-2/h6-8,14H,4-5,9H2,1-3H3,(H,15,16). The van der Waals surface area contributed by atoms with Gasteiger partial charge >= 0.3 is 0 Å². The first kappa shape index (κ1) is 12.7. The van der Waals surface area contributed by atoms with Crippen LogP contribution in [-0.4, -0.2) is 19.0 Å². The molecule has 0 fully saturated rings. The number of hydrogen-bond acceptors (Lipinski definition) is 2. The zero-order valence-electron chi connectivity index (χ0n) is 10.3. The number of para-hydroxylation sites is 1. The Bertz CT molecular complexity index is 361. The van der Waals surface area contributed by atoms with Crippen molar-refractivity contribution in [2.75, 3.05) is 18.4 Å². The van der Waals surface area contributed by atoms with Crippen LogP contribution in [0.15, 0.2) is 18.2 Å². The molecule has 0 saturated heterocycles. The quantitative estimate of drug-likeness (QED) is 0.798. The Hall–Kier alpha value is -1.35. The van der Waals surface area contributed by atoms with E-state index in [1.807, 2.05) is 26.0 Å². The van der Waals surface area contributed by atoms with Gasteiger partial charge in [0.05, 0.1) is 6.54 Å². The van der Waals surface area contributed by atoms with Gasteiger partial charge in [0.2, 0.25) is 5.91 Å². The van der Waals surface area contributed by atoms with Gasteiger partial charge in [0.1, 0.15) is 0 Å². The number of hydrogen-bond donors (Lipinski definition) is 2. The Labute approximate surface area is 97.2 Å². The van der Waals surface area contributed by atoms with Crippen molar-refractivity contribution in [3.63, 3.8) is 0 Å². The molecule has 0 saturated carbocycles. The molecule has 0 atom stereocenters. The van der Waals surface area contributed by atoms with Crippen LogP contribution >= 0.6 is 0 Å². The van der Waals surface area contributed by atoms with Crippen molar-refractivity contribution in [2.45, 2.75) is 27.2 Å². The SMILES string of the molecule is CCNCC(=O)Nc1c(C)cccc1CC. The van der Waals surface area contributed by atoms with Gasteiger partial charge in [0, 0.05) is 5.69 Å². The molecule has 2 N–H and O–H groups in total. The van der Waals surface area contributed by atoms with E-state index >= 15 is 0 Å². The molecule has 0 aliphatic heterocycles. The fourth-order valence-corrected chi connectivity index (χ4v) is 1.62. The van der Waals surface area contributed by atoms with E-state index in [1.54, 1.807) is 0 Å². The van der Waals surface area contributed by atoms with E-state index in [0.29, 0.717) is 6.54 Å². The highest BCUT2D eigenvalue weighted by Crippen LogP contribution is 2.20. The summed E-state index contributed by atoms with van der Waals surface area (Å²) in [6.45, 7) is 7.27. The average molecular weight is 220 g/mol. The van der Waals surface area contributed by atoms with Crippen molar-refractivity contribution in [1.29, 1.82) is 0 Å². The summed E-state index contributed by atoms with van der Waals surface area (Å²) in [6.07, 6.45) is 0.929. The maximum absolute atomic E-state index is 11.6. The van der Waals surface area contributed by atoms with Crippen molar-refractivity contribution in [3.05, 3.63) is 29.3 Å². The third kappa shape index (κ3) is 3.35. The molecular formula is C13H20N2O. The summed E-state index contributed by atoms with van der Waals surface area (Å²) >= 11 is 0. The van der Waals surface area contributed by atoms with Gasteiger partial charge in [-0.05, 0) is 31.0 Å². The van der Waals surface area contributed by atoms with Crippen LogP contribution in [0.25, 0.3) is 0 Å². The van der Waals surface area contributed by atoms with E-state index in [4.69, 9.17) is 0 Å². The zero-order chi connectivity index (χ0) is 12.0. The number of nitrogens with one attached hydrogen (secondary N) is 2. The molecule has 0 aromatic heterocycles. The molecule has 0 bridgehead atoms. The summed E-state index contributed by atoms with van der Waals surface area (Å²) in [5.41, 5.74) is 3.27. The number of amides is 1. The minimum absolute atomic E-state index is 0.0193. The third-order valence-corrected chi connectivity index (χ3v) is 2.54. The molecule has 3 nitrogen and oxygen atoms in total. The molecule has 1 amide bonds. The van der Waals surface area contributed by atoms with Crippen LogP contribution in [0.1, 0.15) is 25.0 Å². The monoisotopic (exact) mass is 220 g/mol. The van der Waals surface area contributed by atoms with Crippen LogP contribution < -0.4 is 10.6 Å². The second-order valence-electron chi connectivity index (χ2n) is 3.79. The van der Waals surface area contributed by atoms with E-state index in [-0.39, 0.29) is 5.91 Å². The van der Waals surface area contributed by atoms with Gasteiger partial charge < -0.3 is 10.6 Å². The summed E-state index contributed by atoms with van der Waals surface area (Å²) in [5, 5.41) is 5.98. The normalized spacial score (nSPS) is 10.2. The van der Waals surface area contributed by atoms with Gasteiger partial charge in [0.15, 0.2) is 0 Å². The summed E-state index contributed by atoms with van der Waals surface area (Å²) in [4.78, 5) is 11.6. The number of likely N-dealkylation sites (N-methyl/N-ethyl adjacent to an activating group) is 1. The molecule has 0 spiro atoms. The fourth-order valence-electron chi connectivity index (χ4n) is 1.62. The summed E-state index contributed by atoms with van der Waals surface area (Å²) < 4.78 is 0. The van der Waals surface area contributed by atoms with Crippen molar-refractivity contribution in [1.82, 2.24) is 5.32 Å². The highest BCUT2D eigenvalue weighted by atomic mass is 16.1. The Morgan fingerprint density at radius 2 is 2.06 bits per heavy atom. The number of anilines is 1. The minimum Gasteiger partial charge on any atom is -0.324 e. The van der Waals surface area contributed by atoms with Crippen molar-refractivity contribution >= 4 is 11.6 Å². The molecular weight excluding hydrogens is 200 g/mol. The first-order valence-electron chi connectivity index (χ1n) is 5.78. The van der Waals surface area contributed by atoms with Crippen LogP contribution in [0, 0.1) is 6.92 Å². The lowest BCUT2D eigenvalue weighted by atomic mass is 10.1. The molecule has 0 aliphatic carbocycles. The maximum atomic E-state index is 11.6. The smallest absolute Gasteiger partial charge is 0.238 e. The highest BCUT2D eigenvalue weighted by molar-refractivity contribution is 5.93. The van der Waals surface area contributed by atoms with Crippen LogP contribution in [-0.2, 0) is 11.2 Å². The van der Waals surface area contributed by atoms with E-state index in [0.717, 1.165) is 24.2 Å². The van der Waals surface area contributed by atoms with Gasteiger partial charge in [-0.25, -0.2) is 0 Å². The molecule has 0 heterocycles. The van der Waals surface area contributed by atoms with Gasteiger partial charge in [0.25, 0.3) is 0 Å². The van der Waals surface area contributed by atoms with Crippen molar-refractivity contribution in [2.24, 2.45) is 0 Å². The molecule has 1 aromatic rings. The van der Waals surface area contributed by atoms with E-state index < -0.39 is 0 Å². The summed E-state index contributed by atoms with van der Waals surface area (Å²) in [7, 11) is 0. The first-order chi connectivity index (χ1) is 7.69. The lowest BCUT2D eigenvalue weighted by molar-refractivity contribution is -0.115. The molecule has 1 rings (SSSR count). The topological polar surface area (TPSA) is 41.1 Å². The number of carbonyl (C=O) groups is 1. The van der Waals surface area contributed by atoms with Crippen molar-refractivity contribution < 1.29 is 4.79 Å². The predicted octanol–water partition coefficient (Wildman–Crippen LogP) is 2.11. The van der Waals surface area contributed by atoms with Crippen LogP contribution in [0.4, 0.5) is 5.69 Å². The fraction of sp³-hybridized carbons (Fsp3) is 0.462. The van der Waals surface area contributed by atoms with E-state index in [2.05, 4.69) is 23.6 Å². The average Bonchev–Trinajstić information content (AvgIpc) is 2.29. The Morgan fingerprint density at radius 1 is 1.31 bits per heavy atom. The lowest BCUT2D eigenvalue weighted by Crippen LogP contribution is -2.28. The molecule has 3 heteroatoms. The second kappa shape index (κ2) is 6.28. The lowest BCUT2D eigenvalue weighted by Gasteiger charge is -2.12. The Balaban J connectivity index is 2.75. The second-order valence-corrected chi connectivity index (χ2v) is 3.79. The molecule has 16 heavy (non-hydrogen) atoms. The largest absolute Gasteiger partial charge is 0.324 e. The van der Waals surface area contributed by atoms with Crippen LogP contribution in [0.3, 0.4) is 0 Å². The molecule has 0 aliphatic rings. The summed E-state index contributed by atoms with van der Waals surface area (Å²) in [5.74, 6) is 0.0193. The van der Waals surface area contributed by atoms with Gasteiger partial charge in [-0.3, -0.25) is 4.79 Å². The molecule has 1 aromatic carbocycles. The third-order valence-electron chi connectivity index (χ3n) is 2.54. The predicted molar refractivity (Wildman–Crippen MR) is 67.7 cm³/mol. The van der Waals surface area contributed by atoms with Crippen LogP contribution in [0.5, 0.6) is 0 Å². The number of rotatable bonds is 5. The van der Waals surface area contributed by atoms with E-state index in [9.17, 15) is 4.79 Å². The van der Waals surface area contributed by atoms with Gasteiger partial charge in [-0.2, -0.15) is 0 Å². The number of benzene rings is 1. The minimum atomic E-state index is 0.0193. The summed E-state index contributed by atoms with van der Waals surface area (Å²) in [6, 6.07) is 6.09. The highest BCUT2D eigenvalue weighted by Gasteiger charge is 2.07. The molecule has 0 radical (unpaired) electrons. The number of aryl methyl sites for hydroxylation is 2. The molecule has 88 valence electrons. The van der Waals surface area contributed by atoms with Gasteiger partial charge in [-0.1, -0.05) is 32.0 Å². The Morgan fingerprint density at radius 3 is 2.69 bits per heavy atom. The molecule has 0 unspecified atom stereocenters. The zero-order valence-corrected chi connectivity index (χ0v) is 10.3. The van der Waals surface area contributed by atoms with Crippen LogP contribution in [0.2, 0.25) is 0 Å². The Kier molecular flexibility index (Phi) is 4.99. The number of carbonyl (C=O) groups excluding carboxylic acids is 1.